The number of rotatable bonds is 4. The van der Waals surface area contributed by atoms with Gasteiger partial charge in [-0.3, -0.25) is 4.79 Å². The normalized spacial score (nSPS) is 19.6. The maximum atomic E-state index is 12.2. The average Bonchev–Trinajstić information content (AvgIpc) is 3.00. The summed E-state index contributed by atoms with van der Waals surface area (Å²) in [5, 5.41) is 11.6. The lowest BCUT2D eigenvalue weighted by Gasteiger charge is -2.16. The maximum Gasteiger partial charge on any atom is 0.241 e. The molecule has 1 aliphatic heterocycles. The molecule has 2 aromatic carbocycles. The molecule has 0 radical (unpaired) electrons. The largest absolute Gasteiger partial charge is 0.325 e. The van der Waals surface area contributed by atoms with Crippen molar-refractivity contribution in [3.63, 3.8) is 0 Å². The molecule has 0 aromatic heterocycles. The Balaban J connectivity index is 1.64. The summed E-state index contributed by atoms with van der Waals surface area (Å²) in [5.74, 6) is -0.140. The number of carbonyl (C=O) groups excluding carboxylic acids is 1. The Morgan fingerprint density at radius 1 is 1.29 bits per heavy atom. The van der Waals surface area contributed by atoms with Crippen molar-refractivity contribution in [2.24, 2.45) is 5.73 Å². The molecule has 1 heterocycles. The van der Waals surface area contributed by atoms with E-state index in [0.29, 0.717) is 6.42 Å². The fourth-order valence-corrected chi connectivity index (χ4v) is 2.62. The number of benzene rings is 2. The predicted molar refractivity (Wildman–Crippen MR) is 85.0 cm³/mol. The predicted octanol–water partition coefficient (Wildman–Crippen LogP) is 1.01. The molecule has 5 N–H and O–H groups in total. The number of nitrogens with one attached hydrogen (secondary N) is 3. The van der Waals surface area contributed by atoms with Crippen LogP contribution in [0.3, 0.4) is 0 Å². The van der Waals surface area contributed by atoms with Gasteiger partial charge in [-0.05, 0) is 29.3 Å². The molecule has 3 rings (SSSR count). The summed E-state index contributed by atoms with van der Waals surface area (Å²) in [7, 11) is 0. The first-order chi connectivity index (χ1) is 10.2. The van der Waals surface area contributed by atoms with Gasteiger partial charge in [0.2, 0.25) is 5.91 Å². The van der Waals surface area contributed by atoms with E-state index in [1.165, 1.54) is 0 Å². The van der Waals surface area contributed by atoms with Crippen LogP contribution in [0, 0.1) is 0 Å². The van der Waals surface area contributed by atoms with Gasteiger partial charge in [-0.15, -0.1) is 0 Å². The topological polar surface area (TPSA) is 79.2 Å². The second kappa shape index (κ2) is 6.22. The Labute approximate surface area is 123 Å². The zero-order valence-electron chi connectivity index (χ0n) is 11.8. The van der Waals surface area contributed by atoms with Crippen LogP contribution in [0.15, 0.2) is 42.5 Å². The third-order valence-corrected chi connectivity index (χ3v) is 3.80. The molecule has 2 atom stereocenters. The van der Waals surface area contributed by atoms with Gasteiger partial charge in [0.25, 0.3) is 0 Å². The van der Waals surface area contributed by atoms with Gasteiger partial charge >= 0.3 is 0 Å². The first kappa shape index (κ1) is 14.0. The lowest BCUT2D eigenvalue weighted by atomic mass is 10.1. The monoisotopic (exact) mass is 284 g/mol. The van der Waals surface area contributed by atoms with E-state index >= 15 is 0 Å². The van der Waals surface area contributed by atoms with E-state index in [0.717, 1.165) is 29.7 Å². The molecular weight excluding hydrogens is 264 g/mol. The van der Waals surface area contributed by atoms with Gasteiger partial charge in [-0.25, -0.2) is 0 Å². The molecule has 2 unspecified atom stereocenters. The zero-order valence-corrected chi connectivity index (χ0v) is 11.8. The quantitative estimate of drug-likeness (QED) is 0.676. The highest BCUT2D eigenvalue weighted by Crippen LogP contribution is 2.19. The molecule has 2 aromatic rings. The van der Waals surface area contributed by atoms with Crippen molar-refractivity contribution < 1.29 is 4.79 Å². The Kier molecular flexibility index (Phi) is 4.15. The summed E-state index contributed by atoms with van der Waals surface area (Å²) in [4.78, 5) is 12.2. The SMILES string of the molecule is NC(CC1CNCN1)C(=O)Nc1ccc2ccccc2c1. The number of nitrogens with two attached hydrogens (primary N) is 1. The van der Waals surface area contributed by atoms with Crippen LogP contribution in [0.1, 0.15) is 6.42 Å². The van der Waals surface area contributed by atoms with E-state index in [1.807, 2.05) is 42.5 Å². The molecule has 0 aliphatic carbocycles. The van der Waals surface area contributed by atoms with Crippen molar-refractivity contribution in [1.29, 1.82) is 0 Å². The number of carbonyl (C=O) groups is 1. The van der Waals surface area contributed by atoms with E-state index in [9.17, 15) is 4.79 Å². The smallest absolute Gasteiger partial charge is 0.241 e. The van der Waals surface area contributed by atoms with Crippen LogP contribution in [-0.4, -0.2) is 31.2 Å². The second-order valence-electron chi connectivity index (χ2n) is 5.43. The minimum absolute atomic E-state index is 0.140. The number of hydrogen-bond acceptors (Lipinski definition) is 4. The molecule has 1 aliphatic rings. The molecule has 1 saturated heterocycles. The lowest BCUT2D eigenvalue weighted by Crippen LogP contribution is -2.41. The van der Waals surface area contributed by atoms with Gasteiger partial charge in [0, 0.05) is 24.9 Å². The number of fused-ring (bicyclic) bond motifs is 1. The van der Waals surface area contributed by atoms with Crippen molar-refractivity contribution in [1.82, 2.24) is 10.6 Å². The third-order valence-electron chi connectivity index (χ3n) is 3.80. The van der Waals surface area contributed by atoms with E-state index in [2.05, 4.69) is 16.0 Å². The van der Waals surface area contributed by atoms with E-state index in [4.69, 9.17) is 5.73 Å². The summed E-state index contributed by atoms with van der Waals surface area (Å²) in [6.45, 7) is 1.64. The standard InChI is InChI=1S/C16H20N4O/c17-15(8-14-9-18-10-19-14)16(21)20-13-6-5-11-3-1-2-4-12(11)7-13/h1-7,14-15,18-19H,8-10,17H2,(H,20,21). The van der Waals surface area contributed by atoms with Gasteiger partial charge in [0.1, 0.15) is 0 Å². The molecule has 5 heteroatoms. The Bertz CT molecular complexity index is 637. The average molecular weight is 284 g/mol. The molecule has 1 fully saturated rings. The Hall–Kier alpha value is -1.95. The van der Waals surface area contributed by atoms with Crippen LogP contribution in [0.5, 0.6) is 0 Å². The van der Waals surface area contributed by atoms with Gasteiger partial charge in [0.05, 0.1) is 6.04 Å². The second-order valence-corrected chi connectivity index (χ2v) is 5.43. The molecule has 0 bridgehead atoms. The first-order valence-electron chi connectivity index (χ1n) is 7.22. The molecule has 0 saturated carbocycles. The molecular formula is C16H20N4O. The Morgan fingerprint density at radius 3 is 2.86 bits per heavy atom. The molecule has 110 valence electrons. The Morgan fingerprint density at radius 2 is 2.10 bits per heavy atom. The summed E-state index contributed by atoms with van der Waals surface area (Å²) < 4.78 is 0. The van der Waals surface area contributed by atoms with Gasteiger partial charge in [-0.1, -0.05) is 30.3 Å². The van der Waals surface area contributed by atoms with Crippen molar-refractivity contribution in [2.75, 3.05) is 18.5 Å². The minimum atomic E-state index is -0.506. The van der Waals surface area contributed by atoms with Crippen molar-refractivity contribution >= 4 is 22.4 Å². The van der Waals surface area contributed by atoms with E-state index in [1.54, 1.807) is 0 Å². The summed E-state index contributed by atoms with van der Waals surface area (Å²) in [6.07, 6.45) is 0.631. The van der Waals surface area contributed by atoms with E-state index in [-0.39, 0.29) is 11.9 Å². The maximum absolute atomic E-state index is 12.2. The summed E-state index contributed by atoms with van der Waals surface area (Å²) >= 11 is 0. The van der Waals surface area contributed by atoms with Crippen LogP contribution < -0.4 is 21.7 Å². The minimum Gasteiger partial charge on any atom is -0.325 e. The van der Waals surface area contributed by atoms with Gasteiger partial charge < -0.3 is 21.7 Å². The fraction of sp³-hybridized carbons (Fsp3) is 0.312. The van der Waals surface area contributed by atoms with Crippen molar-refractivity contribution in [3.8, 4) is 0 Å². The van der Waals surface area contributed by atoms with Crippen LogP contribution in [0.2, 0.25) is 0 Å². The summed E-state index contributed by atoms with van der Waals surface area (Å²) in [5.41, 5.74) is 6.76. The molecule has 21 heavy (non-hydrogen) atoms. The molecule has 0 spiro atoms. The van der Waals surface area contributed by atoms with Crippen LogP contribution in [0.25, 0.3) is 10.8 Å². The third kappa shape index (κ3) is 3.39. The zero-order chi connectivity index (χ0) is 14.7. The number of amides is 1. The molecule has 5 nitrogen and oxygen atoms in total. The highest BCUT2D eigenvalue weighted by Gasteiger charge is 2.21. The van der Waals surface area contributed by atoms with Gasteiger partial charge in [0.15, 0.2) is 0 Å². The van der Waals surface area contributed by atoms with Gasteiger partial charge in [-0.2, -0.15) is 0 Å². The van der Waals surface area contributed by atoms with Crippen LogP contribution in [-0.2, 0) is 4.79 Å². The highest BCUT2D eigenvalue weighted by molar-refractivity contribution is 5.97. The first-order valence-corrected chi connectivity index (χ1v) is 7.22. The van der Waals surface area contributed by atoms with Crippen LogP contribution in [0.4, 0.5) is 5.69 Å². The van der Waals surface area contributed by atoms with E-state index < -0.39 is 6.04 Å². The van der Waals surface area contributed by atoms with Crippen LogP contribution >= 0.6 is 0 Å². The van der Waals surface area contributed by atoms with Crippen molar-refractivity contribution in [2.45, 2.75) is 18.5 Å². The number of anilines is 1. The lowest BCUT2D eigenvalue weighted by molar-refractivity contribution is -0.117. The van der Waals surface area contributed by atoms with Crippen molar-refractivity contribution in [3.05, 3.63) is 42.5 Å². The number of hydrogen-bond donors (Lipinski definition) is 4. The fourth-order valence-electron chi connectivity index (χ4n) is 2.62. The summed E-state index contributed by atoms with van der Waals surface area (Å²) in [6, 6.07) is 13.7. The highest BCUT2D eigenvalue weighted by atomic mass is 16.2. The molecule has 1 amide bonds.